The summed E-state index contributed by atoms with van der Waals surface area (Å²) in [6.45, 7) is 0. The average molecular weight is 642 g/mol. The number of H-pyrrole nitrogens is 2. The number of methoxy groups -OCH3 is 2. The van der Waals surface area contributed by atoms with Crippen LogP contribution in [-0.2, 0) is 9.47 Å². The molecule has 0 bridgehead atoms. The number of nitrogens with two attached hydrogens (primary N) is 1. The normalized spacial score (nSPS) is 10.3. The largest absolute Gasteiger partial charge is 0.465 e. The Balaban J connectivity index is 0.000000162. The molecule has 5 N–H and O–H groups in total. The summed E-state index contributed by atoms with van der Waals surface area (Å²) >= 11 is 17.2. The number of fused-ring (bicyclic) bond motifs is 2. The Morgan fingerprint density at radius 2 is 1.26 bits per heavy atom. The number of carbonyl (C=O) groups is 2. The van der Waals surface area contributed by atoms with E-state index in [1.807, 2.05) is 6.07 Å². The second kappa shape index (κ2) is 14.3. The number of nitrogen functional groups attached to an aromatic ring is 1. The highest BCUT2D eigenvalue weighted by Crippen LogP contribution is 2.26. The van der Waals surface area contributed by atoms with Gasteiger partial charge in [0.25, 0.3) is 0 Å². The Kier molecular flexibility index (Phi) is 10.3. The number of para-hydroxylation sites is 2. The van der Waals surface area contributed by atoms with Gasteiger partial charge in [-0.2, -0.15) is 4.98 Å². The molecule has 220 valence electrons. The lowest BCUT2D eigenvalue weighted by atomic mass is 10.2. The summed E-state index contributed by atoms with van der Waals surface area (Å²) in [7, 11) is 2.67. The van der Waals surface area contributed by atoms with Crippen molar-refractivity contribution in [3.05, 3.63) is 99.9 Å². The third kappa shape index (κ3) is 7.68. The van der Waals surface area contributed by atoms with Gasteiger partial charge in [-0.1, -0.05) is 35.9 Å². The molecule has 43 heavy (non-hydrogen) atoms. The Hall–Kier alpha value is -4.91. The Morgan fingerprint density at radius 1 is 0.721 bits per heavy atom. The molecule has 12 nitrogen and oxygen atoms in total. The number of benzene rings is 2. The summed E-state index contributed by atoms with van der Waals surface area (Å²) in [6, 6.07) is 17.4. The maximum atomic E-state index is 11.8. The highest BCUT2D eigenvalue weighted by molar-refractivity contribution is 6.35. The highest BCUT2D eigenvalue weighted by Gasteiger charge is 2.14. The zero-order valence-corrected chi connectivity index (χ0v) is 24.8. The number of esters is 2. The van der Waals surface area contributed by atoms with Crippen LogP contribution >= 0.6 is 34.8 Å². The predicted molar refractivity (Wildman–Crippen MR) is 166 cm³/mol. The Labute approximate surface area is 259 Å². The molecule has 0 fully saturated rings. The van der Waals surface area contributed by atoms with Crippen LogP contribution in [0.1, 0.15) is 20.7 Å². The minimum Gasteiger partial charge on any atom is -0.465 e. The lowest BCUT2D eigenvalue weighted by molar-refractivity contribution is 0.0593. The molecule has 0 radical (unpaired) electrons. The minimum absolute atomic E-state index is 0.125. The van der Waals surface area contributed by atoms with Crippen LogP contribution in [0.5, 0.6) is 0 Å². The predicted octanol–water partition coefficient (Wildman–Crippen LogP) is 6.46. The molecule has 0 atom stereocenters. The van der Waals surface area contributed by atoms with Crippen LogP contribution in [0.3, 0.4) is 0 Å². The summed E-state index contributed by atoms with van der Waals surface area (Å²) in [5, 5.41) is 3.74. The van der Waals surface area contributed by atoms with Crippen molar-refractivity contribution < 1.29 is 19.1 Å². The fourth-order valence-electron chi connectivity index (χ4n) is 3.69. The lowest BCUT2D eigenvalue weighted by Gasteiger charge is -2.10. The smallest absolute Gasteiger partial charge is 0.339 e. The van der Waals surface area contributed by atoms with Gasteiger partial charge in [-0.15, -0.1) is 0 Å². The molecule has 4 heterocycles. The second-order valence-electron chi connectivity index (χ2n) is 8.34. The standard InChI is InChI=1S/C14H11ClN4O2.C8H9NO2.C6H3Cl2N3/c1-21-13(20)8-4-2-3-5-9(8)17-12-11-10(6-7-16-11)18-14(15)19-12;1-11-8(10)6-4-2-3-5-7(6)9;7-5-4-3(1-2-9-4)10-6(8)11-5/h2-7,16H,1H3,(H,17,18,19);2-5H,9H2,1H3;1-2,9H. The molecule has 15 heteroatoms. The molecule has 6 rings (SSSR count). The van der Waals surface area contributed by atoms with Gasteiger partial charge >= 0.3 is 11.9 Å². The molecular formula is C28H23Cl3N8O4. The van der Waals surface area contributed by atoms with Gasteiger partial charge in [-0.25, -0.2) is 24.5 Å². The minimum atomic E-state index is -0.430. The van der Waals surface area contributed by atoms with Crippen LogP contribution in [0, 0.1) is 0 Å². The van der Waals surface area contributed by atoms with E-state index in [0.29, 0.717) is 44.5 Å². The molecule has 0 aliphatic heterocycles. The lowest BCUT2D eigenvalue weighted by Crippen LogP contribution is -2.06. The van der Waals surface area contributed by atoms with Crippen molar-refractivity contribution >= 4 is 86.0 Å². The summed E-state index contributed by atoms with van der Waals surface area (Å²) in [6.07, 6.45) is 3.48. The molecule has 4 aromatic heterocycles. The van der Waals surface area contributed by atoms with E-state index < -0.39 is 11.9 Å². The SMILES string of the molecule is COC(=O)c1ccccc1N.COC(=O)c1ccccc1Nc1nc(Cl)nc2cc[nH]c12.Clc1nc(Cl)c2[nH]ccc2n1. The fourth-order valence-corrected chi connectivity index (χ4v) is 4.31. The number of aromatic amines is 2. The van der Waals surface area contributed by atoms with Crippen LogP contribution in [0.25, 0.3) is 22.1 Å². The summed E-state index contributed by atoms with van der Waals surface area (Å²) in [5.41, 5.74) is 10.2. The molecule has 0 unspecified atom stereocenters. The fraction of sp³-hybridized carbons (Fsp3) is 0.0714. The van der Waals surface area contributed by atoms with Crippen LogP contribution in [0.15, 0.2) is 73.1 Å². The molecule has 0 saturated carbocycles. The zero-order valence-electron chi connectivity index (χ0n) is 22.6. The Bertz CT molecular complexity index is 1890. The van der Waals surface area contributed by atoms with Crippen LogP contribution in [0.2, 0.25) is 15.7 Å². The molecule has 0 amide bonds. The molecule has 0 saturated heterocycles. The first-order valence-corrected chi connectivity index (χ1v) is 13.4. The van der Waals surface area contributed by atoms with E-state index in [9.17, 15) is 9.59 Å². The van der Waals surface area contributed by atoms with E-state index >= 15 is 0 Å². The molecule has 0 spiro atoms. The quantitative estimate of drug-likeness (QED) is 0.0723. The number of halogens is 3. The molecule has 0 aliphatic rings. The van der Waals surface area contributed by atoms with Gasteiger partial charge in [0.2, 0.25) is 10.6 Å². The first-order chi connectivity index (χ1) is 20.7. The van der Waals surface area contributed by atoms with Crippen LogP contribution in [0.4, 0.5) is 17.2 Å². The van der Waals surface area contributed by atoms with Gasteiger partial charge < -0.3 is 30.5 Å². The Morgan fingerprint density at radius 3 is 1.91 bits per heavy atom. The maximum absolute atomic E-state index is 11.8. The van der Waals surface area contributed by atoms with Crippen molar-refractivity contribution in [2.45, 2.75) is 0 Å². The van der Waals surface area contributed by atoms with E-state index in [2.05, 4.69) is 40.0 Å². The van der Waals surface area contributed by atoms with E-state index in [1.54, 1.807) is 67.0 Å². The van der Waals surface area contributed by atoms with Crippen LogP contribution in [-0.4, -0.2) is 56.1 Å². The number of nitrogens with one attached hydrogen (secondary N) is 3. The highest BCUT2D eigenvalue weighted by atomic mass is 35.5. The first-order valence-electron chi connectivity index (χ1n) is 12.3. The van der Waals surface area contributed by atoms with E-state index in [-0.39, 0.29) is 10.6 Å². The maximum Gasteiger partial charge on any atom is 0.339 e. The zero-order chi connectivity index (χ0) is 30.9. The van der Waals surface area contributed by atoms with Gasteiger partial charge in [0, 0.05) is 18.1 Å². The third-order valence-electron chi connectivity index (χ3n) is 5.66. The van der Waals surface area contributed by atoms with Crippen molar-refractivity contribution in [3.63, 3.8) is 0 Å². The molecule has 0 aliphatic carbocycles. The summed E-state index contributed by atoms with van der Waals surface area (Å²) in [5.74, 6) is -0.338. The van der Waals surface area contributed by atoms with Gasteiger partial charge in [-0.05, 0) is 59.6 Å². The number of nitrogens with zero attached hydrogens (tertiary/aromatic N) is 4. The number of carbonyl (C=O) groups excluding carboxylic acids is 2. The number of ether oxygens (including phenoxy) is 2. The molecule has 2 aromatic carbocycles. The number of hydrogen-bond acceptors (Lipinski definition) is 10. The van der Waals surface area contributed by atoms with E-state index in [1.165, 1.54) is 14.2 Å². The van der Waals surface area contributed by atoms with Crippen molar-refractivity contribution in [1.82, 2.24) is 29.9 Å². The van der Waals surface area contributed by atoms with Crippen molar-refractivity contribution in [1.29, 1.82) is 0 Å². The molecule has 6 aromatic rings. The van der Waals surface area contributed by atoms with Crippen molar-refractivity contribution in [2.24, 2.45) is 0 Å². The van der Waals surface area contributed by atoms with Gasteiger partial charge in [0.15, 0.2) is 11.0 Å². The van der Waals surface area contributed by atoms with Crippen LogP contribution < -0.4 is 11.1 Å². The van der Waals surface area contributed by atoms with E-state index in [0.717, 1.165) is 11.0 Å². The van der Waals surface area contributed by atoms with Gasteiger partial charge in [-0.3, -0.25) is 0 Å². The third-order valence-corrected chi connectivity index (χ3v) is 6.28. The molecular weight excluding hydrogens is 619 g/mol. The van der Waals surface area contributed by atoms with Crippen molar-refractivity contribution in [3.8, 4) is 0 Å². The monoisotopic (exact) mass is 640 g/mol. The number of anilines is 3. The van der Waals surface area contributed by atoms with Gasteiger partial charge in [0.05, 0.1) is 42.1 Å². The summed E-state index contributed by atoms with van der Waals surface area (Å²) in [4.78, 5) is 44.6. The number of rotatable bonds is 4. The number of hydrogen-bond donors (Lipinski definition) is 4. The second-order valence-corrected chi connectivity index (χ2v) is 9.38. The van der Waals surface area contributed by atoms with E-state index in [4.69, 9.17) is 45.3 Å². The number of aromatic nitrogens is 6. The first kappa shape index (κ1) is 31.0. The topological polar surface area (TPSA) is 174 Å². The van der Waals surface area contributed by atoms with Crippen molar-refractivity contribution in [2.75, 3.05) is 25.3 Å². The van der Waals surface area contributed by atoms with Gasteiger partial charge in [0.1, 0.15) is 11.0 Å². The summed E-state index contributed by atoms with van der Waals surface area (Å²) < 4.78 is 9.26. The average Bonchev–Trinajstić information content (AvgIpc) is 3.68.